The van der Waals surface area contributed by atoms with Crippen LogP contribution in [-0.2, 0) is 15.2 Å². The van der Waals surface area contributed by atoms with Crippen LogP contribution in [0.15, 0.2) is 17.2 Å². The Balaban J connectivity index is 3.16. The van der Waals surface area contributed by atoms with Gasteiger partial charge in [0, 0.05) is 10.7 Å². The Morgan fingerprint density at radius 2 is 1.85 bits per heavy atom. The highest BCUT2D eigenvalue weighted by Crippen LogP contribution is 2.29. The molecule has 0 aliphatic rings. The molecule has 74 valence electrons. The summed E-state index contributed by atoms with van der Waals surface area (Å²) in [6.07, 6.45) is -4.60. The zero-order valence-corrected chi connectivity index (χ0v) is 7.46. The van der Waals surface area contributed by atoms with Crippen LogP contribution in [0.2, 0.25) is 0 Å². The SMILES string of the molecule is O=S(=O)(Cl)c1ccc(C(F)(F)F)[nH]1. The zero-order valence-electron chi connectivity index (χ0n) is 5.89. The van der Waals surface area contributed by atoms with E-state index in [1.807, 2.05) is 0 Å². The molecule has 8 heteroatoms. The van der Waals surface area contributed by atoms with Crippen molar-refractivity contribution in [2.45, 2.75) is 11.2 Å². The number of nitrogens with one attached hydrogen (secondary N) is 1. The molecule has 0 aliphatic heterocycles. The van der Waals surface area contributed by atoms with Crippen molar-refractivity contribution >= 4 is 19.7 Å². The Labute approximate surface area is 75.9 Å². The van der Waals surface area contributed by atoms with Crippen LogP contribution in [0.5, 0.6) is 0 Å². The number of halogens is 4. The molecule has 0 radical (unpaired) electrons. The van der Waals surface area contributed by atoms with Gasteiger partial charge in [0.05, 0.1) is 0 Å². The van der Waals surface area contributed by atoms with Gasteiger partial charge in [0.15, 0.2) is 0 Å². The molecule has 0 amide bonds. The number of H-pyrrole nitrogens is 1. The highest BCUT2D eigenvalue weighted by atomic mass is 35.7. The van der Waals surface area contributed by atoms with Crippen molar-refractivity contribution in [2.75, 3.05) is 0 Å². The van der Waals surface area contributed by atoms with Crippen molar-refractivity contribution in [2.24, 2.45) is 0 Å². The van der Waals surface area contributed by atoms with Gasteiger partial charge in [-0.2, -0.15) is 13.2 Å². The van der Waals surface area contributed by atoms with Crippen LogP contribution < -0.4 is 0 Å². The summed E-state index contributed by atoms with van der Waals surface area (Å²) in [6.45, 7) is 0. The molecule has 1 heterocycles. The van der Waals surface area contributed by atoms with Gasteiger partial charge < -0.3 is 4.98 Å². The fraction of sp³-hybridized carbons (Fsp3) is 0.200. The Kier molecular flexibility index (Phi) is 2.33. The van der Waals surface area contributed by atoms with E-state index in [2.05, 4.69) is 0 Å². The quantitative estimate of drug-likeness (QED) is 0.754. The van der Waals surface area contributed by atoms with Gasteiger partial charge in [-0.05, 0) is 12.1 Å². The highest BCUT2D eigenvalue weighted by molar-refractivity contribution is 8.13. The third-order valence-electron chi connectivity index (χ3n) is 1.23. The highest BCUT2D eigenvalue weighted by Gasteiger charge is 2.33. The van der Waals surface area contributed by atoms with E-state index in [1.165, 1.54) is 0 Å². The number of hydrogen-bond donors (Lipinski definition) is 1. The lowest BCUT2D eigenvalue weighted by atomic mass is 10.4. The molecular formula is C5H3ClF3NO2S. The molecular weight excluding hydrogens is 231 g/mol. The van der Waals surface area contributed by atoms with Crippen molar-refractivity contribution < 1.29 is 21.6 Å². The Hall–Kier alpha value is -0.690. The molecule has 3 nitrogen and oxygen atoms in total. The second-order valence-electron chi connectivity index (χ2n) is 2.17. The van der Waals surface area contributed by atoms with Gasteiger partial charge in [-0.3, -0.25) is 0 Å². The Morgan fingerprint density at radius 1 is 1.31 bits per heavy atom. The first-order valence-corrected chi connectivity index (χ1v) is 5.23. The molecule has 13 heavy (non-hydrogen) atoms. The zero-order chi connectivity index (χ0) is 10.3. The molecule has 0 saturated carbocycles. The second-order valence-corrected chi connectivity index (χ2v) is 4.71. The van der Waals surface area contributed by atoms with E-state index >= 15 is 0 Å². The minimum atomic E-state index is -4.60. The minimum absolute atomic E-state index is 0.606. The lowest BCUT2D eigenvalue weighted by molar-refractivity contribution is -0.141. The van der Waals surface area contributed by atoms with Gasteiger partial charge in [0.2, 0.25) is 0 Å². The lowest BCUT2D eigenvalue weighted by Crippen LogP contribution is -2.05. The molecule has 0 spiro atoms. The molecule has 0 fully saturated rings. The largest absolute Gasteiger partial charge is 0.431 e. The number of aromatic amines is 1. The smallest absolute Gasteiger partial charge is 0.341 e. The maximum absolute atomic E-state index is 11.9. The fourth-order valence-corrected chi connectivity index (χ4v) is 1.42. The van der Waals surface area contributed by atoms with E-state index in [4.69, 9.17) is 10.7 Å². The third kappa shape index (κ3) is 2.38. The summed E-state index contributed by atoms with van der Waals surface area (Å²) in [4.78, 5) is 1.65. The van der Waals surface area contributed by atoms with E-state index < -0.39 is 25.9 Å². The summed E-state index contributed by atoms with van der Waals surface area (Å²) >= 11 is 0. The summed E-state index contributed by atoms with van der Waals surface area (Å²) in [7, 11) is 0.670. The molecule has 1 N–H and O–H groups in total. The first-order chi connectivity index (χ1) is 5.71. The lowest BCUT2D eigenvalue weighted by Gasteiger charge is -2.01. The molecule has 0 aromatic carbocycles. The van der Waals surface area contributed by atoms with Gasteiger partial charge in [-0.15, -0.1) is 0 Å². The maximum atomic E-state index is 11.9. The van der Waals surface area contributed by atoms with Crippen molar-refractivity contribution in [3.8, 4) is 0 Å². The number of aromatic nitrogens is 1. The number of rotatable bonds is 1. The normalized spacial score (nSPS) is 13.2. The van der Waals surface area contributed by atoms with Crippen molar-refractivity contribution in [3.05, 3.63) is 17.8 Å². The molecule has 0 bridgehead atoms. The molecule has 1 rings (SSSR count). The minimum Gasteiger partial charge on any atom is -0.341 e. The van der Waals surface area contributed by atoms with E-state index in [9.17, 15) is 21.6 Å². The first kappa shape index (κ1) is 10.4. The fourth-order valence-electron chi connectivity index (χ4n) is 0.683. The van der Waals surface area contributed by atoms with E-state index in [0.29, 0.717) is 6.07 Å². The molecule has 0 aliphatic carbocycles. The number of alkyl halides is 3. The van der Waals surface area contributed by atoms with Crippen LogP contribution in [0.25, 0.3) is 0 Å². The molecule has 0 atom stereocenters. The molecule has 1 aromatic heterocycles. The van der Waals surface area contributed by atoms with Crippen LogP contribution in [0.3, 0.4) is 0 Å². The van der Waals surface area contributed by atoms with E-state index in [-0.39, 0.29) is 0 Å². The maximum Gasteiger partial charge on any atom is 0.431 e. The third-order valence-corrected chi connectivity index (χ3v) is 2.49. The van der Waals surface area contributed by atoms with Crippen molar-refractivity contribution in [1.29, 1.82) is 0 Å². The average Bonchev–Trinajstić information content (AvgIpc) is 2.28. The summed E-state index contributed by atoms with van der Waals surface area (Å²) < 4.78 is 56.8. The second kappa shape index (κ2) is 2.91. The predicted octanol–water partition coefficient (Wildman–Crippen LogP) is 1.96. The predicted molar refractivity (Wildman–Crippen MR) is 38.8 cm³/mol. The van der Waals surface area contributed by atoms with Crippen LogP contribution in [0, 0.1) is 0 Å². The average molecular weight is 234 g/mol. The van der Waals surface area contributed by atoms with Crippen molar-refractivity contribution in [1.82, 2.24) is 4.98 Å². The summed E-state index contributed by atoms with van der Waals surface area (Å²) in [6, 6.07) is 1.36. The van der Waals surface area contributed by atoms with Crippen LogP contribution >= 0.6 is 10.7 Å². The summed E-state index contributed by atoms with van der Waals surface area (Å²) in [5.41, 5.74) is -1.15. The number of hydrogen-bond acceptors (Lipinski definition) is 2. The van der Waals surface area contributed by atoms with E-state index in [1.54, 1.807) is 4.98 Å². The summed E-state index contributed by atoms with van der Waals surface area (Å²) in [5, 5.41) is -0.665. The van der Waals surface area contributed by atoms with Crippen LogP contribution in [-0.4, -0.2) is 13.4 Å². The first-order valence-electron chi connectivity index (χ1n) is 2.92. The van der Waals surface area contributed by atoms with Gasteiger partial charge in [0.1, 0.15) is 10.7 Å². The standard InChI is InChI=1S/C5H3ClF3NO2S/c6-13(11,12)4-2-1-3(10-4)5(7,8)9/h1-2,10H. The molecule has 0 saturated heterocycles. The van der Waals surface area contributed by atoms with Gasteiger partial charge in [-0.25, -0.2) is 8.42 Å². The summed E-state index contributed by atoms with van der Waals surface area (Å²) in [5.74, 6) is 0. The van der Waals surface area contributed by atoms with Gasteiger partial charge in [0.25, 0.3) is 9.05 Å². The monoisotopic (exact) mass is 233 g/mol. The Bertz CT molecular complexity index is 408. The van der Waals surface area contributed by atoms with Gasteiger partial charge in [-0.1, -0.05) is 0 Å². The van der Waals surface area contributed by atoms with Crippen LogP contribution in [0.4, 0.5) is 13.2 Å². The molecule has 0 unspecified atom stereocenters. The van der Waals surface area contributed by atoms with E-state index in [0.717, 1.165) is 6.07 Å². The van der Waals surface area contributed by atoms with Crippen LogP contribution in [0.1, 0.15) is 5.69 Å². The molecule has 1 aromatic rings. The Morgan fingerprint density at radius 3 is 2.08 bits per heavy atom. The van der Waals surface area contributed by atoms with Gasteiger partial charge >= 0.3 is 6.18 Å². The topological polar surface area (TPSA) is 49.9 Å². The van der Waals surface area contributed by atoms with Crippen molar-refractivity contribution in [3.63, 3.8) is 0 Å².